The Kier molecular flexibility index (Phi) is 8.45. The zero-order chi connectivity index (χ0) is 26.0. The minimum Gasteiger partial charge on any atom is -0.350 e. The van der Waals surface area contributed by atoms with Gasteiger partial charge in [-0.1, -0.05) is 0 Å². The highest BCUT2D eigenvalue weighted by molar-refractivity contribution is 5.79. The van der Waals surface area contributed by atoms with Crippen molar-refractivity contribution in [3.63, 3.8) is 0 Å². The summed E-state index contributed by atoms with van der Waals surface area (Å²) in [5.41, 5.74) is 0.319. The molecule has 3 fully saturated rings. The summed E-state index contributed by atoms with van der Waals surface area (Å²) >= 11 is 0. The first-order chi connectivity index (χ1) is 17.0. The van der Waals surface area contributed by atoms with Crippen LogP contribution in [0, 0.1) is 29.1 Å². The standard InChI is InChI=1S/C24H39F4N7O/c1-14(21-31-11-18(25)12-32-21)33-22(36)17-9-15(13-35-7-6-34(2)23(35)29)8-16(10-17)19-4-3-5-30-20(19)24(26,27)28/h6-7,14-21,29-32H,3-5,8-13H2,1-2H3,(H,33,36)/t14-,15?,16?,17?,18?,19?,20?,21?/m0/s1. The predicted octanol–water partition coefficient (Wildman–Crippen LogP) is 1.63. The van der Waals surface area contributed by atoms with E-state index < -0.39 is 30.2 Å². The Hall–Kier alpha value is -1.92. The number of carbonyl (C=O) groups is 1. The van der Waals surface area contributed by atoms with Crippen LogP contribution in [0.2, 0.25) is 0 Å². The van der Waals surface area contributed by atoms with Crippen molar-refractivity contribution in [1.29, 1.82) is 5.41 Å². The Morgan fingerprint density at radius 1 is 1.19 bits per heavy atom. The molecule has 0 radical (unpaired) electrons. The van der Waals surface area contributed by atoms with Crippen LogP contribution in [-0.4, -0.2) is 65.3 Å². The summed E-state index contributed by atoms with van der Waals surface area (Å²) in [5, 5.41) is 20.1. The third-order valence-electron chi connectivity index (χ3n) is 8.20. The molecule has 12 heteroatoms. The molecule has 4 rings (SSSR count). The number of carbonyl (C=O) groups excluding carboxylic acids is 1. The van der Waals surface area contributed by atoms with Crippen LogP contribution < -0.4 is 26.9 Å². The van der Waals surface area contributed by atoms with E-state index in [9.17, 15) is 22.4 Å². The van der Waals surface area contributed by atoms with Crippen LogP contribution in [0.3, 0.4) is 0 Å². The summed E-state index contributed by atoms with van der Waals surface area (Å²) < 4.78 is 58.6. The van der Waals surface area contributed by atoms with Gasteiger partial charge in [0.15, 0.2) is 0 Å². The first-order valence-electron chi connectivity index (χ1n) is 13.0. The molecular formula is C24H39F4N7O. The van der Waals surface area contributed by atoms with E-state index in [1.54, 1.807) is 22.4 Å². The number of halogens is 4. The van der Waals surface area contributed by atoms with E-state index in [-0.39, 0.29) is 43.0 Å². The second-order valence-corrected chi connectivity index (χ2v) is 10.9. The maximum absolute atomic E-state index is 13.9. The molecule has 0 bridgehead atoms. The topological polar surface area (TPSA) is 98.9 Å². The molecule has 3 aliphatic rings. The number of rotatable bonds is 6. The van der Waals surface area contributed by atoms with Gasteiger partial charge in [0.05, 0.1) is 12.2 Å². The van der Waals surface area contributed by atoms with Gasteiger partial charge in [0.25, 0.3) is 0 Å². The fraction of sp³-hybridized carbons (Fsp3) is 0.833. The lowest BCUT2D eigenvalue weighted by atomic mass is 9.66. The highest BCUT2D eigenvalue weighted by atomic mass is 19.4. The molecule has 1 aliphatic carbocycles. The average Bonchev–Trinajstić information content (AvgIpc) is 3.15. The lowest BCUT2D eigenvalue weighted by molar-refractivity contribution is -0.179. The molecular weight excluding hydrogens is 478 g/mol. The Morgan fingerprint density at radius 2 is 1.92 bits per heavy atom. The van der Waals surface area contributed by atoms with Crippen LogP contribution in [0.4, 0.5) is 17.6 Å². The molecule has 6 atom stereocenters. The first kappa shape index (κ1) is 27.1. The van der Waals surface area contributed by atoms with Gasteiger partial charge in [-0.25, -0.2) is 4.39 Å². The summed E-state index contributed by atoms with van der Waals surface area (Å²) in [5.74, 6) is -1.41. The van der Waals surface area contributed by atoms with E-state index >= 15 is 0 Å². The van der Waals surface area contributed by atoms with Gasteiger partial charge in [-0.05, 0) is 63.3 Å². The van der Waals surface area contributed by atoms with Crippen molar-refractivity contribution in [2.75, 3.05) is 19.6 Å². The third kappa shape index (κ3) is 6.31. The Labute approximate surface area is 209 Å². The molecule has 0 aromatic carbocycles. The molecule has 0 spiro atoms. The molecule has 5 unspecified atom stereocenters. The second kappa shape index (κ2) is 11.2. The van der Waals surface area contributed by atoms with E-state index in [2.05, 4.69) is 21.3 Å². The van der Waals surface area contributed by atoms with Gasteiger partial charge in [-0.3, -0.25) is 20.8 Å². The largest absolute Gasteiger partial charge is 0.404 e. The predicted molar refractivity (Wildman–Crippen MR) is 126 cm³/mol. The van der Waals surface area contributed by atoms with Gasteiger partial charge in [-0.2, -0.15) is 13.2 Å². The average molecular weight is 518 g/mol. The zero-order valence-corrected chi connectivity index (χ0v) is 21.0. The van der Waals surface area contributed by atoms with Crippen molar-refractivity contribution in [3.8, 4) is 0 Å². The van der Waals surface area contributed by atoms with Crippen LogP contribution in [0.5, 0.6) is 0 Å². The van der Waals surface area contributed by atoms with E-state index in [0.29, 0.717) is 50.8 Å². The van der Waals surface area contributed by atoms with E-state index in [0.717, 1.165) is 0 Å². The van der Waals surface area contributed by atoms with Crippen molar-refractivity contribution in [2.24, 2.45) is 30.7 Å². The number of aromatic nitrogens is 2. The molecule has 5 N–H and O–H groups in total. The fourth-order valence-electron chi connectivity index (χ4n) is 6.36. The number of nitrogens with one attached hydrogen (secondary N) is 5. The number of amides is 1. The summed E-state index contributed by atoms with van der Waals surface area (Å²) in [7, 11) is 1.78. The van der Waals surface area contributed by atoms with Crippen molar-refractivity contribution >= 4 is 5.91 Å². The molecule has 3 heterocycles. The highest BCUT2D eigenvalue weighted by Gasteiger charge is 2.50. The van der Waals surface area contributed by atoms with Gasteiger partial charge < -0.3 is 19.8 Å². The maximum atomic E-state index is 13.9. The van der Waals surface area contributed by atoms with Gasteiger partial charge in [0, 0.05) is 45.0 Å². The minimum atomic E-state index is -4.33. The molecule has 36 heavy (non-hydrogen) atoms. The molecule has 8 nitrogen and oxygen atoms in total. The van der Waals surface area contributed by atoms with Crippen LogP contribution in [-0.2, 0) is 18.4 Å². The van der Waals surface area contributed by atoms with E-state index in [1.807, 2.05) is 13.1 Å². The minimum absolute atomic E-state index is 0.0136. The van der Waals surface area contributed by atoms with Crippen molar-refractivity contribution in [1.82, 2.24) is 30.4 Å². The van der Waals surface area contributed by atoms with Crippen molar-refractivity contribution in [2.45, 2.75) is 76.2 Å². The molecule has 1 aromatic rings. The fourth-order valence-corrected chi connectivity index (χ4v) is 6.36. The smallest absolute Gasteiger partial charge is 0.350 e. The second-order valence-electron chi connectivity index (χ2n) is 10.9. The van der Waals surface area contributed by atoms with Crippen molar-refractivity contribution in [3.05, 3.63) is 18.0 Å². The zero-order valence-electron chi connectivity index (χ0n) is 21.0. The number of nitrogens with zero attached hydrogens (tertiary/aromatic N) is 2. The number of imidazole rings is 1. The molecule has 1 aromatic heterocycles. The lowest BCUT2D eigenvalue weighted by Gasteiger charge is -2.44. The number of piperidine rings is 1. The number of hydrogen-bond acceptors (Lipinski definition) is 5. The molecule has 2 saturated heterocycles. The van der Waals surface area contributed by atoms with Gasteiger partial charge in [0.1, 0.15) is 12.2 Å². The molecule has 204 valence electrons. The molecule has 2 aliphatic heterocycles. The van der Waals surface area contributed by atoms with Crippen LogP contribution in [0.25, 0.3) is 0 Å². The Balaban J connectivity index is 1.50. The van der Waals surface area contributed by atoms with E-state index in [1.165, 1.54) is 0 Å². The Morgan fingerprint density at radius 3 is 2.56 bits per heavy atom. The summed E-state index contributed by atoms with van der Waals surface area (Å²) in [4.78, 5) is 13.4. The summed E-state index contributed by atoms with van der Waals surface area (Å²) in [6.07, 6.45) is 0.764. The van der Waals surface area contributed by atoms with Gasteiger partial charge in [0.2, 0.25) is 11.5 Å². The van der Waals surface area contributed by atoms with Gasteiger partial charge >= 0.3 is 6.18 Å². The number of aryl methyl sites for hydroxylation is 1. The SMILES string of the molecule is C[C@H](NC(=O)C1CC(Cn2ccn(C)c2=N)CC(C2CCCNC2C(F)(F)F)C1)C1NCC(F)CN1. The van der Waals surface area contributed by atoms with E-state index in [4.69, 9.17) is 5.41 Å². The monoisotopic (exact) mass is 517 g/mol. The lowest BCUT2D eigenvalue weighted by Crippen LogP contribution is -2.62. The number of hydrogen-bond donors (Lipinski definition) is 5. The number of alkyl halides is 4. The molecule has 1 amide bonds. The van der Waals surface area contributed by atoms with Crippen LogP contribution >= 0.6 is 0 Å². The third-order valence-corrected chi connectivity index (χ3v) is 8.20. The maximum Gasteiger partial charge on any atom is 0.404 e. The quantitative estimate of drug-likeness (QED) is 0.371. The molecule has 1 saturated carbocycles. The Bertz CT molecular complexity index is 940. The van der Waals surface area contributed by atoms with Gasteiger partial charge in [-0.15, -0.1) is 0 Å². The normalized spacial score (nSPS) is 34.8. The first-order valence-corrected chi connectivity index (χ1v) is 13.0. The summed E-state index contributed by atoms with van der Waals surface area (Å²) in [6.45, 7) is 3.11. The summed E-state index contributed by atoms with van der Waals surface area (Å²) in [6, 6.07) is -1.86. The highest BCUT2D eigenvalue weighted by Crippen LogP contribution is 2.44. The van der Waals surface area contributed by atoms with Crippen molar-refractivity contribution < 1.29 is 22.4 Å². The van der Waals surface area contributed by atoms with Crippen LogP contribution in [0.15, 0.2) is 12.4 Å². The van der Waals surface area contributed by atoms with Crippen LogP contribution in [0.1, 0.15) is 39.0 Å².